The third-order valence-corrected chi connectivity index (χ3v) is 8.72. The highest BCUT2D eigenvalue weighted by atomic mass is 28.3. The maximum atomic E-state index is 13.7. The first-order chi connectivity index (χ1) is 19.1. The molecule has 0 aliphatic carbocycles. The number of hydrogen-bond donors (Lipinski definition) is 0. The lowest BCUT2D eigenvalue weighted by molar-refractivity contribution is -0.385. The predicted molar refractivity (Wildman–Crippen MR) is 164 cm³/mol. The Morgan fingerprint density at radius 2 is 1.76 bits per heavy atom. The summed E-state index contributed by atoms with van der Waals surface area (Å²) in [4.78, 5) is 43.1. The molecule has 11 nitrogen and oxygen atoms in total. The number of aromatic nitrogens is 2. The van der Waals surface area contributed by atoms with Crippen molar-refractivity contribution in [1.82, 2.24) is 14.0 Å². The van der Waals surface area contributed by atoms with E-state index in [0.717, 1.165) is 43.3 Å². The van der Waals surface area contributed by atoms with Crippen LogP contribution >= 0.6 is 0 Å². The molecule has 4 rings (SSSR count). The van der Waals surface area contributed by atoms with Gasteiger partial charge in [-0.3, -0.25) is 19.5 Å². The monoisotopic (exact) mass is 583 g/mol. The SMILES string of the molecule is CN1CCN(c2ccc3c(c2)cc(-c2cc([N+](=O)[O-])cn(COCC[Si](C)(C)C)c2=O)n3C(=O)OC(C)(C)C)CC1. The first-order valence-electron chi connectivity index (χ1n) is 13.9. The topological polar surface area (TPSA) is 112 Å². The summed E-state index contributed by atoms with van der Waals surface area (Å²) in [5.74, 6) is 0. The maximum Gasteiger partial charge on any atom is 0.419 e. The van der Waals surface area contributed by atoms with Crippen LogP contribution in [0.4, 0.5) is 16.2 Å². The molecule has 0 N–H and O–H groups in total. The van der Waals surface area contributed by atoms with E-state index in [9.17, 15) is 19.7 Å². The summed E-state index contributed by atoms with van der Waals surface area (Å²) in [5.41, 5.74) is 0.257. The zero-order valence-corrected chi connectivity index (χ0v) is 26.1. The van der Waals surface area contributed by atoms with Crippen molar-refractivity contribution in [3.63, 3.8) is 0 Å². The van der Waals surface area contributed by atoms with Crippen molar-refractivity contribution in [1.29, 1.82) is 0 Å². The Kier molecular flexibility index (Phi) is 8.76. The fourth-order valence-electron chi connectivity index (χ4n) is 4.71. The second kappa shape index (κ2) is 11.8. The number of fused-ring (bicyclic) bond motifs is 1. The largest absolute Gasteiger partial charge is 0.443 e. The van der Waals surface area contributed by atoms with Crippen molar-refractivity contribution in [2.24, 2.45) is 0 Å². The number of nitro groups is 1. The van der Waals surface area contributed by atoms with Gasteiger partial charge < -0.3 is 19.3 Å². The van der Waals surface area contributed by atoms with Crippen LogP contribution in [0, 0.1) is 10.1 Å². The number of piperazine rings is 1. The molecule has 2 aromatic heterocycles. The number of nitrogens with zero attached hydrogens (tertiary/aromatic N) is 5. The number of pyridine rings is 1. The van der Waals surface area contributed by atoms with Crippen LogP contribution in [-0.4, -0.2) is 78.6 Å². The Bertz CT molecular complexity index is 1490. The van der Waals surface area contributed by atoms with E-state index in [1.165, 1.54) is 21.4 Å². The molecule has 0 bridgehead atoms. The fraction of sp³-hybridized carbons (Fsp3) is 0.517. The highest BCUT2D eigenvalue weighted by molar-refractivity contribution is 6.76. The number of carbonyl (C=O) groups is 1. The van der Waals surface area contributed by atoms with Crippen LogP contribution in [0.15, 0.2) is 41.3 Å². The lowest BCUT2D eigenvalue weighted by Gasteiger charge is -2.34. The highest BCUT2D eigenvalue weighted by Gasteiger charge is 2.27. The second-order valence-corrected chi connectivity index (χ2v) is 18.5. The lowest BCUT2D eigenvalue weighted by atomic mass is 10.1. The van der Waals surface area contributed by atoms with Crippen LogP contribution in [-0.2, 0) is 16.2 Å². The minimum Gasteiger partial charge on any atom is -0.443 e. The van der Waals surface area contributed by atoms with E-state index in [2.05, 4.69) is 36.5 Å². The fourth-order valence-corrected chi connectivity index (χ4v) is 5.46. The molecule has 0 saturated carbocycles. The van der Waals surface area contributed by atoms with Crippen LogP contribution in [0.2, 0.25) is 25.7 Å². The molecule has 0 atom stereocenters. The van der Waals surface area contributed by atoms with Gasteiger partial charge in [-0.15, -0.1) is 0 Å². The van der Waals surface area contributed by atoms with Gasteiger partial charge in [0.15, 0.2) is 0 Å². The molecule has 0 amide bonds. The van der Waals surface area contributed by atoms with Gasteiger partial charge >= 0.3 is 6.09 Å². The molecule has 3 aromatic rings. The smallest absolute Gasteiger partial charge is 0.419 e. The third kappa shape index (κ3) is 7.43. The first-order valence-corrected chi connectivity index (χ1v) is 17.6. The summed E-state index contributed by atoms with van der Waals surface area (Å²) in [5, 5.41) is 12.6. The van der Waals surface area contributed by atoms with Gasteiger partial charge in [-0.1, -0.05) is 19.6 Å². The number of anilines is 1. The van der Waals surface area contributed by atoms with Gasteiger partial charge in [0.25, 0.3) is 11.2 Å². The van der Waals surface area contributed by atoms with Gasteiger partial charge in [-0.2, -0.15) is 0 Å². The molecule has 222 valence electrons. The molecule has 0 radical (unpaired) electrons. The van der Waals surface area contributed by atoms with Crippen molar-refractivity contribution < 1.29 is 19.2 Å². The van der Waals surface area contributed by atoms with Gasteiger partial charge in [0.05, 0.1) is 27.9 Å². The summed E-state index contributed by atoms with van der Waals surface area (Å²) in [6.45, 7) is 15.9. The van der Waals surface area contributed by atoms with E-state index >= 15 is 0 Å². The molecular formula is C29H41N5O6Si. The third-order valence-electron chi connectivity index (χ3n) is 7.01. The van der Waals surface area contributed by atoms with E-state index in [1.807, 2.05) is 18.2 Å². The van der Waals surface area contributed by atoms with E-state index in [0.29, 0.717) is 12.1 Å². The van der Waals surface area contributed by atoms with Crippen LogP contribution in [0.25, 0.3) is 22.2 Å². The van der Waals surface area contributed by atoms with E-state index < -0.39 is 30.3 Å². The quantitative estimate of drug-likeness (QED) is 0.153. The summed E-state index contributed by atoms with van der Waals surface area (Å²) in [6.07, 6.45) is 0.519. The van der Waals surface area contributed by atoms with Crippen molar-refractivity contribution in [2.45, 2.75) is 58.8 Å². The summed E-state index contributed by atoms with van der Waals surface area (Å²) in [6, 6.07) is 9.63. The normalized spacial score (nSPS) is 15.0. The molecule has 0 spiro atoms. The molecule has 41 heavy (non-hydrogen) atoms. The van der Waals surface area contributed by atoms with Gasteiger partial charge in [0, 0.05) is 58.0 Å². The first kappa shape index (κ1) is 30.5. The number of hydrogen-bond acceptors (Lipinski definition) is 8. The van der Waals surface area contributed by atoms with Gasteiger partial charge in [-0.25, -0.2) is 9.36 Å². The number of benzene rings is 1. The molecule has 1 aromatic carbocycles. The van der Waals surface area contributed by atoms with Crippen LogP contribution < -0.4 is 10.5 Å². The maximum absolute atomic E-state index is 13.7. The highest BCUT2D eigenvalue weighted by Crippen LogP contribution is 2.32. The number of ether oxygens (including phenoxy) is 2. The van der Waals surface area contributed by atoms with Crippen molar-refractivity contribution >= 4 is 36.4 Å². The standard InChI is InChI=1S/C29H41N5O6Si/c1-29(2,3)40-28(36)33-25-9-8-22(31-12-10-30(4)11-13-31)16-21(25)17-26(33)24-18-23(34(37)38)19-32(27(24)35)20-39-14-15-41(5,6)7/h8-9,16-19H,10-15,20H2,1-7H3. The Balaban J connectivity index is 1.83. The van der Waals surface area contributed by atoms with Crippen molar-refractivity contribution in [2.75, 3.05) is 44.7 Å². The molecular weight excluding hydrogens is 542 g/mol. The van der Waals surface area contributed by atoms with Gasteiger partial charge in [0.2, 0.25) is 0 Å². The number of rotatable bonds is 8. The molecule has 12 heteroatoms. The Morgan fingerprint density at radius 1 is 1.07 bits per heavy atom. The summed E-state index contributed by atoms with van der Waals surface area (Å²) in [7, 11) is 0.732. The second-order valence-electron chi connectivity index (χ2n) is 12.9. The van der Waals surface area contributed by atoms with Gasteiger partial charge in [-0.05, 0) is 58.1 Å². The van der Waals surface area contributed by atoms with E-state index in [-0.39, 0.29) is 23.7 Å². The van der Waals surface area contributed by atoms with E-state index in [1.54, 1.807) is 26.8 Å². The summed E-state index contributed by atoms with van der Waals surface area (Å²) < 4.78 is 14.0. The molecule has 1 aliphatic rings. The Morgan fingerprint density at radius 3 is 2.37 bits per heavy atom. The van der Waals surface area contributed by atoms with E-state index in [4.69, 9.17) is 9.47 Å². The van der Waals surface area contributed by atoms with Gasteiger partial charge in [0.1, 0.15) is 12.3 Å². The number of likely N-dealkylation sites (N-methyl/N-ethyl adjacent to an activating group) is 1. The predicted octanol–water partition coefficient (Wildman–Crippen LogP) is 5.23. The Labute approximate surface area is 241 Å². The number of carbonyl (C=O) groups excluding carboxylic acids is 1. The van der Waals surface area contributed by atoms with Crippen LogP contribution in [0.5, 0.6) is 0 Å². The van der Waals surface area contributed by atoms with Crippen LogP contribution in [0.1, 0.15) is 20.8 Å². The Hall–Kier alpha value is -3.48. The minimum absolute atomic E-state index is 0.0243. The molecule has 1 aliphatic heterocycles. The molecule has 0 unspecified atom stereocenters. The van der Waals surface area contributed by atoms with Crippen LogP contribution in [0.3, 0.4) is 0 Å². The average Bonchev–Trinajstić information content (AvgIpc) is 3.25. The molecule has 1 fully saturated rings. The minimum atomic E-state index is -1.36. The van der Waals surface area contributed by atoms with Crippen molar-refractivity contribution in [3.05, 3.63) is 57.0 Å². The van der Waals surface area contributed by atoms with Crippen molar-refractivity contribution in [3.8, 4) is 11.3 Å². The molecule has 3 heterocycles. The zero-order valence-electron chi connectivity index (χ0n) is 25.1. The lowest BCUT2D eigenvalue weighted by Crippen LogP contribution is -2.44. The zero-order chi connectivity index (χ0) is 30.1. The summed E-state index contributed by atoms with van der Waals surface area (Å²) >= 11 is 0. The average molecular weight is 584 g/mol. The molecule has 1 saturated heterocycles.